The molecule has 2 aliphatic rings. The van der Waals surface area contributed by atoms with Crippen LogP contribution in [0.15, 0.2) is 21.8 Å². The fourth-order valence-electron chi connectivity index (χ4n) is 4.23. The van der Waals surface area contributed by atoms with Crippen LogP contribution in [0.25, 0.3) is 0 Å². The highest BCUT2D eigenvalue weighted by atomic mass is 32.2. The fraction of sp³-hybridized carbons (Fsp3) is 0.667. The van der Waals surface area contributed by atoms with Crippen LogP contribution in [0.5, 0.6) is 0 Å². The number of hydrogen-bond acceptors (Lipinski definition) is 11. The molecule has 1 saturated heterocycles. The predicted molar refractivity (Wildman–Crippen MR) is 163 cm³/mol. The Balaban J connectivity index is 0.000000383. The van der Waals surface area contributed by atoms with Gasteiger partial charge >= 0.3 is 5.97 Å². The van der Waals surface area contributed by atoms with Gasteiger partial charge in [-0.3, -0.25) is 14.5 Å². The normalized spacial score (nSPS) is 18.4. The summed E-state index contributed by atoms with van der Waals surface area (Å²) in [6.07, 6.45) is 8.09. The molecule has 1 aromatic heterocycles. The van der Waals surface area contributed by atoms with Crippen LogP contribution in [0.2, 0.25) is 0 Å². The number of carboxylic acid groups (broad SMARTS) is 1. The highest BCUT2D eigenvalue weighted by molar-refractivity contribution is 8.00. The number of nitrogens with one attached hydrogen (secondary N) is 1. The molecular weight excluding hydrogens is 568 g/mol. The SMILES string of the molecule is CCCCN(CCCC)CCCC.CCO/N=C(\C(=O)N[C@@H]1C(=O)N2C(C(=O)O)=C(CO)CS[C@@H]12)c1csc(N)n1. The molecular formula is C27H44N6O6S2. The number of carboxylic acids is 1. The van der Waals surface area contributed by atoms with Crippen LogP contribution in [0.4, 0.5) is 5.13 Å². The number of oxime groups is 1. The van der Waals surface area contributed by atoms with Gasteiger partial charge in [-0.2, -0.15) is 0 Å². The Morgan fingerprint density at radius 2 is 1.78 bits per heavy atom. The molecule has 1 aromatic rings. The van der Waals surface area contributed by atoms with Gasteiger partial charge in [0.05, 0.1) is 6.61 Å². The van der Waals surface area contributed by atoms with E-state index in [0.29, 0.717) is 0 Å². The van der Waals surface area contributed by atoms with Gasteiger partial charge in [0.15, 0.2) is 10.8 Å². The fourth-order valence-corrected chi connectivity index (χ4v) is 6.11. The van der Waals surface area contributed by atoms with Gasteiger partial charge in [0.25, 0.3) is 11.8 Å². The van der Waals surface area contributed by atoms with Crippen molar-refractivity contribution in [2.45, 2.75) is 77.6 Å². The Labute approximate surface area is 250 Å². The number of carbonyl (C=O) groups is 3. The summed E-state index contributed by atoms with van der Waals surface area (Å²) in [7, 11) is 0. The minimum absolute atomic E-state index is 0.132. The van der Waals surface area contributed by atoms with Crippen molar-refractivity contribution in [2.75, 3.05) is 44.3 Å². The Hall–Kier alpha value is -2.68. The number of rotatable bonds is 16. The van der Waals surface area contributed by atoms with E-state index in [0.717, 1.165) is 16.2 Å². The minimum atomic E-state index is -1.30. The van der Waals surface area contributed by atoms with Crippen molar-refractivity contribution < 1.29 is 29.4 Å². The Morgan fingerprint density at radius 1 is 1.17 bits per heavy atom. The van der Waals surface area contributed by atoms with Crippen LogP contribution in [0.1, 0.15) is 71.9 Å². The maximum Gasteiger partial charge on any atom is 0.352 e. The number of hydrogen-bond donors (Lipinski definition) is 4. The molecule has 0 bridgehead atoms. The lowest BCUT2D eigenvalue weighted by Crippen LogP contribution is -2.71. The summed E-state index contributed by atoms with van der Waals surface area (Å²) in [5, 5.41) is 26.2. The first-order valence-electron chi connectivity index (χ1n) is 14.2. The molecule has 0 radical (unpaired) electrons. The second kappa shape index (κ2) is 18.0. The lowest BCUT2D eigenvalue weighted by molar-refractivity contribution is -0.150. The number of aliphatic carboxylic acids is 1. The molecule has 12 nitrogen and oxygen atoms in total. The van der Waals surface area contributed by atoms with Crippen LogP contribution in [0, 0.1) is 0 Å². The van der Waals surface area contributed by atoms with Gasteiger partial charge in [0.2, 0.25) is 0 Å². The Kier molecular flexibility index (Phi) is 15.1. The number of aliphatic hydroxyl groups is 1. The van der Waals surface area contributed by atoms with Crippen molar-refractivity contribution >= 4 is 51.7 Å². The van der Waals surface area contributed by atoms with E-state index in [-0.39, 0.29) is 40.2 Å². The molecule has 2 amide bonds. The van der Waals surface area contributed by atoms with Crippen LogP contribution in [-0.2, 0) is 19.2 Å². The number of thioether (sulfide) groups is 1. The van der Waals surface area contributed by atoms with Gasteiger partial charge in [-0.05, 0) is 51.4 Å². The quantitative estimate of drug-likeness (QED) is 0.124. The van der Waals surface area contributed by atoms with E-state index in [2.05, 4.69) is 41.1 Å². The number of aromatic nitrogens is 1. The van der Waals surface area contributed by atoms with Crippen molar-refractivity contribution in [3.8, 4) is 0 Å². The highest BCUT2D eigenvalue weighted by Crippen LogP contribution is 2.40. The summed E-state index contributed by atoms with van der Waals surface area (Å²) in [6, 6.07) is -0.935. The first-order chi connectivity index (χ1) is 19.7. The average Bonchev–Trinajstić information content (AvgIpc) is 3.40. The standard InChI is InChI=1S/C15H17N5O6S2.C12H27N/c1-2-26-19-8(7-5-28-15(16)17-7)11(22)18-9-12(23)20-10(14(24)25)6(3-21)4-27-13(9)20;1-4-7-10-13(11-8-5-2)12-9-6-3/h5,9,13,21H,2-4H2,1H3,(H2,16,17)(H,18,22)(H,24,25);4-12H2,1-3H3/b19-8-;/t9-,13+;/m1./s1. The number of fused-ring (bicyclic) bond motifs is 1. The van der Waals surface area contributed by atoms with Gasteiger partial charge in [0, 0.05) is 11.1 Å². The predicted octanol–water partition coefficient (Wildman–Crippen LogP) is 2.89. The molecule has 41 heavy (non-hydrogen) atoms. The zero-order chi connectivity index (χ0) is 30.4. The monoisotopic (exact) mass is 612 g/mol. The zero-order valence-electron chi connectivity index (χ0n) is 24.4. The molecule has 1 fully saturated rings. The Bertz CT molecular complexity index is 1060. The average molecular weight is 613 g/mol. The molecule has 3 heterocycles. The summed E-state index contributed by atoms with van der Waals surface area (Å²) in [5.74, 6) is -2.33. The third-order valence-electron chi connectivity index (χ3n) is 6.48. The number of thiazole rings is 1. The zero-order valence-corrected chi connectivity index (χ0v) is 26.1. The molecule has 2 atom stereocenters. The van der Waals surface area contributed by atoms with Crippen molar-refractivity contribution in [2.24, 2.45) is 5.16 Å². The number of unbranched alkanes of at least 4 members (excludes halogenated alkanes) is 3. The van der Waals surface area contributed by atoms with Gasteiger partial charge in [-0.25, -0.2) is 9.78 Å². The number of amides is 2. The molecule has 2 aliphatic heterocycles. The van der Waals surface area contributed by atoms with Crippen molar-refractivity contribution in [1.29, 1.82) is 0 Å². The second-order valence-electron chi connectivity index (χ2n) is 9.61. The lowest BCUT2D eigenvalue weighted by Gasteiger charge is -2.49. The van der Waals surface area contributed by atoms with Crippen LogP contribution >= 0.6 is 23.1 Å². The van der Waals surface area contributed by atoms with Gasteiger partial charge < -0.3 is 31.0 Å². The van der Waals surface area contributed by atoms with Crippen molar-refractivity contribution in [3.05, 3.63) is 22.3 Å². The molecule has 0 spiro atoms. The van der Waals surface area contributed by atoms with E-state index in [1.54, 1.807) is 6.92 Å². The third kappa shape index (κ3) is 9.69. The summed E-state index contributed by atoms with van der Waals surface area (Å²) in [6.45, 7) is 12.2. The number of nitrogens with zero attached hydrogens (tertiary/aromatic N) is 4. The number of aliphatic hydroxyl groups excluding tert-OH is 1. The van der Waals surface area contributed by atoms with Crippen molar-refractivity contribution in [1.82, 2.24) is 20.1 Å². The molecule has 3 rings (SSSR count). The first-order valence-corrected chi connectivity index (χ1v) is 16.1. The number of nitrogen functional groups attached to an aromatic ring is 1. The van der Waals surface area contributed by atoms with Crippen LogP contribution in [-0.4, -0.2) is 98.5 Å². The van der Waals surface area contributed by atoms with Gasteiger partial charge in [0.1, 0.15) is 29.4 Å². The van der Waals surface area contributed by atoms with E-state index in [1.807, 2.05) is 0 Å². The third-order valence-corrected chi connectivity index (χ3v) is 8.49. The summed E-state index contributed by atoms with van der Waals surface area (Å²) in [4.78, 5) is 49.3. The van der Waals surface area contributed by atoms with Crippen molar-refractivity contribution in [3.63, 3.8) is 0 Å². The second-order valence-corrected chi connectivity index (χ2v) is 11.6. The van der Waals surface area contributed by atoms with Crippen LogP contribution in [0.3, 0.4) is 0 Å². The summed E-state index contributed by atoms with van der Waals surface area (Å²) >= 11 is 2.38. The summed E-state index contributed by atoms with van der Waals surface area (Å²) < 4.78 is 0. The molecule has 0 aromatic carbocycles. The molecule has 0 aliphatic carbocycles. The summed E-state index contributed by atoms with van der Waals surface area (Å²) in [5.41, 5.74) is 5.69. The van der Waals surface area contributed by atoms with E-state index >= 15 is 0 Å². The number of nitrogens with two attached hydrogens (primary N) is 1. The molecule has 0 unspecified atom stereocenters. The van der Waals surface area contributed by atoms with Gasteiger partial charge in [-0.15, -0.1) is 23.1 Å². The molecule has 0 saturated carbocycles. The maximum atomic E-state index is 12.7. The van der Waals surface area contributed by atoms with E-state index in [9.17, 15) is 24.6 Å². The Morgan fingerprint density at radius 3 is 2.24 bits per heavy atom. The highest BCUT2D eigenvalue weighted by Gasteiger charge is 2.54. The van der Waals surface area contributed by atoms with E-state index in [1.165, 1.54) is 75.3 Å². The first kappa shape index (κ1) is 34.5. The van der Waals surface area contributed by atoms with Crippen LogP contribution < -0.4 is 11.1 Å². The van der Waals surface area contributed by atoms with Gasteiger partial charge in [-0.1, -0.05) is 45.2 Å². The number of anilines is 1. The largest absolute Gasteiger partial charge is 0.477 e. The molecule has 14 heteroatoms. The van der Waals surface area contributed by atoms with E-state index in [4.69, 9.17) is 10.6 Å². The minimum Gasteiger partial charge on any atom is -0.477 e. The molecule has 5 N–H and O–H groups in total. The lowest BCUT2D eigenvalue weighted by atomic mass is 10.0. The topological polar surface area (TPSA) is 171 Å². The maximum absolute atomic E-state index is 12.7. The smallest absolute Gasteiger partial charge is 0.352 e. The number of carbonyl (C=O) groups excluding carboxylic acids is 2. The molecule has 230 valence electrons. The van der Waals surface area contributed by atoms with E-state index < -0.39 is 35.8 Å². The number of β-lactam (4-membered cyclic amide) rings is 1.